The Morgan fingerprint density at radius 2 is 2.05 bits per heavy atom. The van der Waals surface area contributed by atoms with Crippen LogP contribution < -0.4 is 14.8 Å². The second-order valence-electron chi connectivity index (χ2n) is 4.63. The van der Waals surface area contributed by atoms with Gasteiger partial charge in [-0.1, -0.05) is 0 Å². The normalized spacial score (nSPS) is 20.9. The zero-order chi connectivity index (χ0) is 15.4. The molecule has 2 unspecified atom stereocenters. The molecule has 1 aromatic carbocycles. The molecule has 0 aromatic heterocycles. The van der Waals surface area contributed by atoms with Gasteiger partial charge < -0.3 is 24.6 Å². The molecule has 0 spiro atoms. The molecule has 0 bridgehead atoms. The fraction of sp³-hybridized carbons (Fsp3) is 0.429. The lowest BCUT2D eigenvalue weighted by Crippen LogP contribution is -2.42. The quantitative estimate of drug-likeness (QED) is 0.823. The minimum absolute atomic E-state index is 0.0972. The summed E-state index contributed by atoms with van der Waals surface area (Å²) < 4.78 is 15.3. The minimum Gasteiger partial charge on any atom is -0.497 e. The molecule has 1 saturated heterocycles. The van der Waals surface area contributed by atoms with Crippen molar-refractivity contribution < 1.29 is 28.9 Å². The first-order chi connectivity index (χ1) is 10.1. The van der Waals surface area contributed by atoms with Crippen molar-refractivity contribution in [3.8, 4) is 11.5 Å². The van der Waals surface area contributed by atoms with Crippen LogP contribution in [0.3, 0.4) is 0 Å². The van der Waals surface area contributed by atoms with E-state index in [0.29, 0.717) is 17.1 Å². The Morgan fingerprint density at radius 1 is 1.29 bits per heavy atom. The van der Waals surface area contributed by atoms with Gasteiger partial charge in [0.25, 0.3) is 5.91 Å². The molecule has 0 aliphatic carbocycles. The van der Waals surface area contributed by atoms with Crippen LogP contribution in [0.25, 0.3) is 0 Å². The lowest BCUT2D eigenvalue weighted by atomic mass is 10.0. The zero-order valence-corrected chi connectivity index (χ0v) is 11.8. The van der Waals surface area contributed by atoms with Crippen LogP contribution >= 0.6 is 0 Å². The van der Waals surface area contributed by atoms with E-state index in [1.165, 1.54) is 14.2 Å². The summed E-state index contributed by atoms with van der Waals surface area (Å²) in [6, 6.07) is 4.24. The first-order valence-electron chi connectivity index (χ1n) is 6.40. The SMILES string of the molecule is COc1ccc(C(=O)NC2COCC2C(=O)O)c(OC)c1. The van der Waals surface area contributed by atoms with Crippen LogP contribution in [0.1, 0.15) is 10.4 Å². The van der Waals surface area contributed by atoms with Gasteiger partial charge in [-0.2, -0.15) is 0 Å². The molecule has 7 heteroatoms. The lowest BCUT2D eigenvalue weighted by molar-refractivity contribution is -0.142. The van der Waals surface area contributed by atoms with Gasteiger partial charge >= 0.3 is 5.97 Å². The molecule has 2 N–H and O–H groups in total. The Morgan fingerprint density at radius 3 is 2.67 bits per heavy atom. The van der Waals surface area contributed by atoms with Crippen molar-refractivity contribution in [3.05, 3.63) is 23.8 Å². The fourth-order valence-corrected chi connectivity index (χ4v) is 2.17. The minimum atomic E-state index is -0.987. The number of hydrogen-bond donors (Lipinski definition) is 2. The molecule has 0 radical (unpaired) electrons. The summed E-state index contributed by atoms with van der Waals surface area (Å²) in [6.07, 6.45) is 0. The molecule has 1 amide bonds. The van der Waals surface area contributed by atoms with Crippen LogP contribution in [0.2, 0.25) is 0 Å². The molecule has 2 rings (SSSR count). The second-order valence-corrected chi connectivity index (χ2v) is 4.63. The molecule has 1 aliphatic heterocycles. The third-order valence-corrected chi connectivity index (χ3v) is 3.37. The van der Waals surface area contributed by atoms with Gasteiger partial charge in [0.15, 0.2) is 0 Å². The lowest BCUT2D eigenvalue weighted by Gasteiger charge is -2.17. The van der Waals surface area contributed by atoms with Gasteiger partial charge in [0, 0.05) is 6.07 Å². The summed E-state index contributed by atoms with van der Waals surface area (Å²) in [6.45, 7) is 0.279. The number of amides is 1. The van der Waals surface area contributed by atoms with Gasteiger partial charge in [-0.25, -0.2) is 0 Å². The monoisotopic (exact) mass is 295 g/mol. The van der Waals surface area contributed by atoms with E-state index in [0.717, 1.165) is 0 Å². The molecule has 1 aromatic rings. The van der Waals surface area contributed by atoms with Crippen LogP contribution in [0.5, 0.6) is 11.5 Å². The molecule has 1 aliphatic rings. The van der Waals surface area contributed by atoms with Crippen molar-refractivity contribution in [2.24, 2.45) is 5.92 Å². The predicted octanol–water partition coefficient (Wildman–Crippen LogP) is 0.533. The first-order valence-corrected chi connectivity index (χ1v) is 6.40. The Kier molecular flexibility index (Phi) is 4.64. The van der Waals surface area contributed by atoms with Crippen LogP contribution in [-0.4, -0.2) is 50.5 Å². The van der Waals surface area contributed by atoms with Gasteiger partial charge in [-0.3, -0.25) is 9.59 Å². The molecular weight excluding hydrogens is 278 g/mol. The fourth-order valence-electron chi connectivity index (χ4n) is 2.17. The maximum Gasteiger partial charge on any atom is 0.311 e. The smallest absolute Gasteiger partial charge is 0.311 e. The highest BCUT2D eigenvalue weighted by atomic mass is 16.5. The zero-order valence-electron chi connectivity index (χ0n) is 11.8. The van der Waals surface area contributed by atoms with Gasteiger partial charge in [0.2, 0.25) is 0 Å². The average molecular weight is 295 g/mol. The van der Waals surface area contributed by atoms with Crippen molar-refractivity contribution in [2.45, 2.75) is 6.04 Å². The van der Waals surface area contributed by atoms with Gasteiger partial charge in [0.05, 0.1) is 39.0 Å². The van der Waals surface area contributed by atoms with Gasteiger partial charge in [0.1, 0.15) is 17.4 Å². The molecule has 1 heterocycles. The van der Waals surface area contributed by atoms with E-state index in [-0.39, 0.29) is 13.2 Å². The number of carbonyl (C=O) groups excluding carboxylic acids is 1. The van der Waals surface area contributed by atoms with E-state index >= 15 is 0 Å². The van der Waals surface area contributed by atoms with Crippen molar-refractivity contribution in [1.29, 1.82) is 0 Å². The van der Waals surface area contributed by atoms with Crippen molar-refractivity contribution in [1.82, 2.24) is 5.32 Å². The van der Waals surface area contributed by atoms with E-state index in [4.69, 9.17) is 19.3 Å². The standard InChI is InChI=1S/C14H17NO6/c1-19-8-3-4-9(12(5-8)20-2)13(16)15-11-7-21-6-10(11)14(17)18/h3-5,10-11H,6-7H2,1-2H3,(H,15,16)(H,17,18). The Labute approximate surface area is 121 Å². The summed E-state index contributed by atoms with van der Waals surface area (Å²) in [7, 11) is 2.96. The number of hydrogen-bond acceptors (Lipinski definition) is 5. The highest BCUT2D eigenvalue weighted by Gasteiger charge is 2.35. The number of carbonyl (C=O) groups is 2. The van der Waals surface area contributed by atoms with E-state index in [2.05, 4.69) is 5.32 Å². The van der Waals surface area contributed by atoms with Crippen LogP contribution in [0.15, 0.2) is 18.2 Å². The highest BCUT2D eigenvalue weighted by molar-refractivity contribution is 5.97. The van der Waals surface area contributed by atoms with Crippen molar-refractivity contribution in [2.75, 3.05) is 27.4 Å². The topological polar surface area (TPSA) is 94.1 Å². The maximum absolute atomic E-state index is 12.3. The molecule has 114 valence electrons. The summed E-state index contributed by atoms with van der Waals surface area (Å²) in [4.78, 5) is 23.3. The summed E-state index contributed by atoms with van der Waals surface area (Å²) in [5.74, 6) is -1.21. The number of aliphatic carboxylic acids is 1. The average Bonchev–Trinajstić information content (AvgIpc) is 2.94. The molecule has 1 fully saturated rings. The number of benzene rings is 1. The van der Waals surface area contributed by atoms with E-state index in [1.54, 1.807) is 18.2 Å². The third kappa shape index (κ3) is 3.25. The van der Waals surface area contributed by atoms with E-state index < -0.39 is 23.8 Å². The van der Waals surface area contributed by atoms with Crippen molar-refractivity contribution in [3.63, 3.8) is 0 Å². The van der Waals surface area contributed by atoms with Gasteiger partial charge in [-0.05, 0) is 12.1 Å². The van der Waals surface area contributed by atoms with E-state index in [1.807, 2.05) is 0 Å². The number of carboxylic acid groups (broad SMARTS) is 1. The van der Waals surface area contributed by atoms with Crippen LogP contribution in [0.4, 0.5) is 0 Å². The molecule has 21 heavy (non-hydrogen) atoms. The predicted molar refractivity (Wildman–Crippen MR) is 72.7 cm³/mol. The summed E-state index contributed by atoms with van der Waals surface area (Å²) in [5, 5.41) is 11.7. The van der Waals surface area contributed by atoms with Crippen LogP contribution in [0, 0.1) is 5.92 Å². The molecule has 0 saturated carbocycles. The maximum atomic E-state index is 12.3. The number of ether oxygens (including phenoxy) is 3. The van der Waals surface area contributed by atoms with Crippen molar-refractivity contribution >= 4 is 11.9 Å². The largest absolute Gasteiger partial charge is 0.497 e. The number of carboxylic acids is 1. The second kappa shape index (κ2) is 6.45. The molecule has 2 atom stereocenters. The highest BCUT2D eigenvalue weighted by Crippen LogP contribution is 2.25. The summed E-state index contributed by atoms with van der Waals surface area (Å²) >= 11 is 0. The Balaban J connectivity index is 2.15. The number of rotatable bonds is 5. The van der Waals surface area contributed by atoms with E-state index in [9.17, 15) is 9.59 Å². The first kappa shape index (κ1) is 15.1. The molecular formula is C14H17NO6. The van der Waals surface area contributed by atoms with Crippen LogP contribution in [-0.2, 0) is 9.53 Å². The summed E-state index contributed by atoms with van der Waals surface area (Å²) in [5.41, 5.74) is 0.314. The third-order valence-electron chi connectivity index (χ3n) is 3.37. The number of nitrogens with one attached hydrogen (secondary N) is 1. The number of methoxy groups -OCH3 is 2. The Bertz CT molecular complexity index is 544. The van der Waals surface area contributed by atoms with Gasteiger partial charge in [-0.15, -0.1) is 0 Å². The molecule has 7 nitrogen and oxygen atoms in total. The Hall–Kier alpha value is -2.28.